The summed E-state index contributed by atoms with van der Waals surface area (Å²) < 4.78 is 0. The number of primary amides is 1. The number of pyridine rings is 1. The second-order valence-electron chi connectivity index (χ2n) is 4.09. The van der Waals surface area contributed by atoms with Crippen LogP contribution in [0, 0.1) is 0 Å². The number of hydrogen-bond acceptors (Lipinski definition) is 5. The van der Waals surface area contributed by atoms with Crippen LogP contribution in [0.1, 0.15) is 23.2 Å². The molecule has 6 N–H and O–H groups in total. The van der Waals surface area contributed by atoms with Crippen molar-refractivity contribution < 1.29 is 9.90 Å². The lowest BCUT2D eigenvalue weighted by Crippen LogP contribution is -2.28. The predicted octanol–water partition coefficient (Wildman–Crippen LogP) is -0.301. The Morgan fingerprint density at radius 1 is 1.62 bits per heavy atom. The molecular weight excluding hydrogens is 208 g/mol. The molecule has 1 fully saturated rings. The summed E-state index contributed by atoms with van der Waals surface area (Å²) in [6.07, 6.45) is 3.16. The molecule has 6 heteroatoms. The van der Waals surface area contributed by atoms with Crippen molar-refractivity contribution in [2.75, 3.05) is 17.7 Å². The fourth-order valence-corrected chi connectivity index (χ4v) is 1.49. The molecule has 1 saturated carbocycles. The highest BCUT2D eigenvalue weighted by Gasteiger charge is 2.42. The Hall–Kier alpha value is -1.82. The van der Waals surface area contributed by atoms with E-state index in [1.165, 1.54) is 12.3 Å². The van der Waals surface area contributed by atoms with Crippen molar-refractivity contribution in [3.8, 4) is 0 Å². The van der Waals surface area contributed by atoms with E-state index in [4.69, 9.17) is 11.5 Å². The minimum absolute atomic E-state index is 0.0112. The number of amides is 1. The van der Waals surface area contributed by atoms with Crippen LogP contribution in [0.15, 0.2) is 12.3 Å². The number of nitrogens with zero attached hydrogens (tertiary/aromatic N) is 1. The zero-order valence-corrected chi connectivity index (χ0v) is 8.73. The summed E-state index contributed by atoms with van der Waals surface area (Å²) in [5.74, 6) is -0.204. The molecule has 0 spiro atoms. The first-order valence-electron chi connectivity index (χ1n) is 5.01. The number of rotatable bonds is 4. The minimum atomic E-state index is -0.587. The third kappa shape index (κ3) is 1.92. The Bertz CT molecular complexity index is 429. The van der Waals surface area contributed by atoms with Crippen molar-refractivity contribution in [1.29, 1.82) is 0 Å². The van der Waals surface area contributed by atoms with E-state index in [-0.39, 0.29) is 17.7 Å². The van der Waals surface area contributed by atoms with E-state index in [2.05, 4.69) is 10.3 Å². The van der Waals surface area contributed by atoms with Gasteiger partial charge in [0.15, 0.2) is 0 Å². The first-order chi connectivity index (χ1) is 7.56. The van der Waals surface area contributed by atoms with Crippen molar-refractivity contribution in [2.45, 2.75) is 18.4 Å². The minimum Gasteiger partial charge on any atom is -0.397 e. The third-order valence-electron chi connectivity index (χ3n) is 2.71. The molecule has 0 saturated heterocycles. The maximum absolute atomic E-state index is 11.2. The molecule has 16 heavy (non-hydrogen) atoms. The molecule has 6 nitrogen and oxygen atoms in total. The standard InChI is InChI=1S/C10H14N4O2/c11-6-3-7(8(12)16)9(13-4-6)14-10(5-15)1-2-10/h3-4,15H,1-2,5,11H2,(H2,12,16)(H,13,14). The van der Waals surface area contributed by atoms with Gasteiger partial charge >= 0.3 is 0 Å². The van der Waals surface area contributed by atoms with Gasteiger partial charge in [0.2, 0.25) is 0 Å². The van der Waals surface area contributed by atoms with E-state index >= 15 is 0 Å². The lowest BCUT2D eigenvalue weighted by Gasteiger charge is -2.16. The Labute approximate surface area is 92.7 Å². The molecule has 0 radical (unpaired) electrons. The zero-order valence-electron chi connectivity index (χ0n) is 8.73. The number of anilines is 2. The molecule has 1 aromatic heterocycles. The number of carbonyl (C=O) groups excluding carboxylic acids is 1. The summed E-state index contributed by atoms with van der Waals surface area (Å²) in [4.78, 5) is 15.2. The molecule has 0 unspecified atom stereocenters. The zero-order chi connectivity index (χ0) is 11.8. The number of hydrogen-bond donors (Lipinski definition) is 4. The van der Waals surface area contributed by atoms with Gasteiger partial charge in [0.25, 0.3) is 5.91 Å². The van der Waals surface area contributed by atoms with Crippen LogP contribution in [-0.2, 0) is 0 Å². The number of carbonyl (C=O) groups is 1. The molecule has 0 bridgehead atoms. The normalized spacial score (nSPS) is 16.8. The van der Waals surface area contributed by atoms with Crippen LogP contribution in [0.5, 0.6) is 0 Å². The maximum Gasteiger partial charge on any atom is 0.252 e. The van der Waals surface area contributed by atoms with Crippen LogP contribution in [0.25, 0.3) is 0 Å². The number of nitrogens with two attached hydrogens (primary N) is 2. The summed E-state index contributed by atoms with van der Waals surface area (Å²) in [7, 11) is 0. The summed E-state index contributed by atoms with van der Waals surface area (Å²) in [5, 5.41) is 12.2. The molecule has 1 amide bonds. The van der Waals surface area contributed by atoms with E-state index in [1.54, 1.807) is 0 Å². The monoisotopic (exact) mass is 222 g/mol. The molecular formula is C10H14N4O2. The van der Waals surface area contributed by atoms with Crippen molar-refractivity contribution in [3.63, 3.8) is 0 Å². The Balaban J connectivity index is 2.29. The smallest absolute Gasteiger partial charge is 0.252 e. The SMILES string of the molecule is NC(=O)c1cc(N)cnc1NC1(CO)CC1. The van der Waals surface area contributed by atoms with Crippen molar-refractivity contribution in [2.24, 2.45) is 5.73 Å². The summed E-state index contributed by atoms with van der Waals surface area (Å²) >= 11 is 0. The van der Waals surface area contributed by atoms with Crippen LogP contribution < -0.4 is 16.8 Å². The fraction of sp³-hybridized carbons (Fsp3) is 0.400. The predicted molar refractivity (Wildman–Crippen MR) is 59.8 cm³/mol. The van der Waals surface area contributed by atoms with E-state index < -0.39 is 5.91 Å². The Morgan fingerprint density at radius 2 is 2.31 bits per heavy atom. The van der Waals surface area contributed by atoms with Gasteiger partial charge in [0.05, 0.1) is 29.6 Å². The quantitative estimate of drug-likeness (QED) is 0.558. The molecule has 0 atom stereocenters. The first-order valence-corrected chi connectivity index (χ1v) is 5.01. The number of nitrogen functional groups attached to an aromatic ring is 1. The van der Waals surface area contributed by atoms with E-state index in [1.807, 2.05) is 0 Å². The maximum atomic E-state index is 11.2. The van der Waals surface area contributed by atoms with E-state index in [0.717, 1.165) is 12.8 Å². The summed E-state index contributed by atoms with van der Waals surface area (Å²) in [6.45, 7) is 0.0112. The van der Waals surface area contributed by atoms with Gasteiger partial charge in [-0.2, -0.15) is 0 Å². The van der Waals surface area contributed by atoms with Crippen LogP contribution in [0.3, 0.4) is 0 Å². The molecule has 86 valence electrons. The number of aromatic nitrogens is 1. The number of nitrogens with one attached hydrogen (secondary N) is 1. The van der Waals surface area contributed by atoms with Crippen LogP contribution >= 0.6 is 0 Å². The topological polar surface area (TPSA) is 114 Å². The summed E-state index contributed by atoms with van der Waals surface area (Å²) in [5.41, 5.74) is 11.0. The van der Waals surface area contributed by atoms with Gasteiger partial charge < -0.3 is 21.9 Å². The van der Waals surface area contributed by atoms with Gasteiger partial charge in [-0.15, -0.1) is 0 Å². The summed E-state index contributed by atoms with van der Waals surface area (Å²) in [6, 6.07) is 1.48. The van der Waals surface area contributed by atoms with Crippen LogP contribution in [0.2, 0.25) is 0 Å². The lowest BCUT2D eigenvalue weighted by atomic mass is 10.2. The molecule has 2 rings (SSSR count). The highest BCUT2D eigenvalue weighted by Crippen LogP contribution is 2.38. The molecule has 1 aliphatic rings. The van der Waals surface area contributed by atoms with Gasteiger partial charge in [-0.25, -0.2) is 4.98 Å². The lowest BCUT2D eigenvalue weighted by molar-refractivity contribution is 0.100. The Kier molecular flexibility index (Phi) is 2.43. The average Bonchev–Trinajstić information content (AvgIpc) is 3.01. The molecule has 1 aromatic rings. The molecule has 0 aliphatic heterocycles. The number of aliphatic hydroxyl groups excluding tert-OH is 1. The van der Waals surface area contributed by atoms with Crippen LogP contribution in [-0.4, -0.2) is 28.1 Å². The van der Waals surface area contributed by atoms with Crippen molar-refractivity contribution in [3.05, 3.63) is 17.8 Å². The highest BCUT2D eigenvalue weighted by atomic mass is 16.3. The average molecular weight is 222 g/mol. The molecule has 1 aliphatic carbocycles. The van der Waals surface area contributed by atoms with Gasteiger partial charge in [-0.3, -0.25) is 4.79 Å². The second-order valence-corrected chi connectivity index (χ2v) is 4.09. The van der Waals surface area contributed by atoms with Crippen LogP contribution in [0.4, 0.5) is 11.5 Å². The largest absolute Gasteiger partial charge is 0.397 e. The second kappa shape index (κ2) is 3.64. The van der Waals surface area contributed by atoms with Gasteiger partial charge in [-0.05, 0) is 18.9 Å². The van der Waals surface area contributed by atoms with Crippen molar-refractivity contribution >= 4 is 17.4 Å². The van der Waals surface area contributed by atoms with Gasteiger partial charge in [0.1, 0.15) is 5.82 Å². The highest BCUT2D eigenvalue weighted by molar-refractivity contribution is 5.98. The molecule has 0 aromatic carbocycles. The van der Waals surface area contributed by atoms with E-state index in [9.17, 15) is 9.90 Å². The molecule has 1 heterocycles. The fourth-order valence-electron chi connectivity index (χ4n) is 1.49. The first kappa shape index (κ1) is 10.7. The van der Waals surface area contributed by atoms with Crippen molar-refractivity contribution in [1.82, 2.24) is 4.98 Å². The number of aliphatic hydroxyl groups is 1. The van der Waals surface area contributed by atoms with E-state index in [0.29, 0.717) is 11.5 Å². The Morgan fingerprint density at radius 3 is 2.81 bits per heavy atom. The third-order valence-corrected chi connectivity index (χ3v) is 2.71. The van der Waals surface area contributed by atoms with Gasteiger partial charge in [-0.1, -0.05) is 0 Å². The van der Waals surface area contributed by atoms with Gasteiger partial charge in [0, 0.05) is 0 Å².